The highest BCUT2D eigenvalue weighted by atomic mass is 35.5. The molecule has 0 saturated carbocycles. The minimum absolute atomic E-state index is 0.00190. The molecule has 0 radical (unpaired) electrons. The molecule has 1 aromatic rings. The van der Waals surface area contributed by atoms with E-state index in [2.05, 4.69) is 11.1 Å². The molecule has 0 spiro atoms. The van der Waals surface area contributed by atoms with Crippen LogP contribution in [-0.2, 0) is 11.2 Å². The van der Waals surface area contributed by atoms with Gasteiger partial charge in [0.05, 0.1) is 6.42 Å². The zero-order valence-corrected chi connectivity index (χ0v) is 11.1. The number of carboxylic acid groups (broad SMARTS) is 1. The van der Waals surface area contributed by atoms with E-state index in [1.807, 2.05) is 0 Å². The average molecular weight is 307 g/mol. The summed E-state index contributed by atoms with van der Waals surface area (Å²) in [6.07, 6.45) is -1.34. The van der Waals surface area contributed by atoms with Crippen LogP contribution in [0.3, 0.4) is 0 Å². The summed E-state index contributed by atoms with van der Waals surface area (Å²) in [4.78, 5) is 20.1. The van der Waals surface area contributed by atoms with Crippen LogP contribution in [0, 0.1) is 5.41 Å². The fourth-order valence-corrected chi connectivity index (χ4v) is 1.59. The second-order valence-corrected chi connectivity index (χ2v) is 3.99. The van der Waals surface area contributed by atoms with E-state index in [-0.39, 0.29) is 6.42 Å². The molecule has 2 amide bonds. The number of primary amides is 1. The number of rotatable bonds is 2. The van der Waals surface area contributed by atoms with Crippen molar-refractivity contribution in [3.05, 3.63) is 33.8 Å². The minimum atomic E-state index is -1.33. The number of carbonyl (C=O) groups is 2. The van der Waals surface area contributed by atoms with Crippen LogP contribution in [0.2, 0.25) is 10.0 Å². The average Bonchev–Trinajstić information content (AvgIpc) is 2.21. The van der Waals surface area contributed by atoms with Gasteiger partial charge in [0, 0.05) is 10.0 Å². The van der Waals surface area contributed by atoms with Crippen molar-refractivity contribution in [2.24, 2.45) is 11.5 Å². The van der Waals surface area contributed by atoms with Crippen molar-refractivity contribution >= 4 is 41.2 Å². The van der Waals surface area contributed by atoms with Crippen molar-refractivity contribution in [3.63, 3.8) is 0 Å². The lowest BCUT2D eigenvalue weighted by molar-refractivity contribution is -0.119. The third-order valence-corrected chi connectivity index (χ3v) is 2.38. The molecule has 0 aliphatic heterocycles. The van der Waals surface area contributed by atoms with Crippen LogP contribution >= 0.6 is 23.2 Å². The lowest BCUT2D eigenvalue weighted by Crippen LogP contribution is -2.36. The van der Waals surface area contributed by atoms with E-state index in [1.165, 1.54) is 0 Å². The molecule has 0 fully saturated rings. The van der Waals surface area contributed by atoms with Gasteiger partial charge in [-0.1, -0.05) is 29.3 Å². The van der Waals surface area contributed by atoms with Crippen molar-refractivity contribution in [1.29, 1.82) is 5.41 Å². The largest absolute Gasteiger partial charge is 0.465 e. The Labute approximate surface area is 119 Å². The molecule has 104 valence electrons. The number of benzene rings is 1. The third-order valence-electron chi connectivity index (χ3n) is 1.67. The maximum Gasteiger partial charge on any atom is 0.402 e. The van der Waals surface area contributed by atoms with Crippen molar-refractivity contribution in [1.82, 2.24) is 5.32 Å². The molecular formula is C10H12Cl2N4O3. The third kappa shape index (κ3) is 7.85. The Morgan fingerprint density at radius 1 is 1.26 bits per heavy atom. The van der Waals surface area contributed by atoms with Crippen LogP contribution < -0.4 is 16.8 Å². The molecule has 0 unspecified atom stereocenters. The van der Waals surface area contributed by atoms with Crippen LogP contribution in [0.5, 0.6) is 0 Å². The quantitative estimate of drug-likeness (QED) is 0.413. The molecule has 0 aliphatic carbocycles. The summed E-state index contributed by atoms with van der Waals surface area (Å²) in [5.41, 5.74) is 9.56. The Morgan fingerprint density at radius 3 is 2.05 bits per heavy atom. The molecule has 0 saturated heterocycles. The maximum atomic E-state index is 11.3. The first-order chi connectivity index (χ1) is 8.73. The van der Waals surface area contributed by atoms with Gasteiger partial charge in [0.2, 0.25) is 5.91 Å². The molecule has 0 aliphatic rings. The summed E-state index contributed by atoms with van der Waals surface area (Å²) in [5.74, 6) is -0.819. The van der Waals surface area contributed by atoms with Gasteiger partial charge in [-0.05, 0) is 17.7 Å². The molecule has 1 rings (SSSR count). The first-order valence-corrected chi connectivity index (χ1v) is 5.54. The first-order valence-electron chi connectivity index (χ1n) is 4.79. The van der Waals surface area contributed by atoms with E-state index in [1.54, 1.807) is 18.2 Å². The van der Waals surface area contributed by atoms with E-state index >= 15 is 0 Å². The number of guanidine groups is 1. The zero-order valence-electron chi connectivity index (χ0n) is 9.61. The summed E-state index contributed by atoms with van der Waals surface area (Å²) >= 11 is 11.7. The molecule has 1 aromatic carbocycles. The monoisotopic (exact) mass is 306 g/mol. The number of nitrogens with two attached hydrogens (primary N) is 2. The highest BCUT2D eigenvalue weighted by molar-refractivity contribution is 6.36. The lowest BCUT2D eigenvalue weighted by Gasteiger charge is -2.06. The smallest absolute Gasteiger partial charge is 0.402 e. The van der Waals surface area contributed by atoms with Gasteiger partial charge < -0.3 is 16.6 Å². The van der Waals surface area contributed by atoms with Crippen molar-refractivity contribution in [3.8, 4) is 0 Å². The molecular weight excluding hydrogens is 295 g/mol. The summed E-state index contributed by atoms with van der Waals surface area (Å²) in [6, 6.07) is 4.98. The molecule has 0 atom stereocenters. The molecule has 9 heteroatoms. The Bertz CT molecular complexity index is 469. The van der Waals surface area contributed by atoms with Crippen LogP contribution in [0.15, 0.2) is 18.2 Å². The molecule has 7 N–H and O–H groups in total. The molecule has 0 heterocycles. The second-order valence-electron chi connectivity index (χ2n) is 3.18. The van der Waals surface area contributed by atoms with Gasteiger partial charge in [0.1, 0.15) is 0 Å². The van der Waals surface area contributed by atoms with Crippen molar-refractivity contribution in [2.45, 2.75) is 6.42 Å². The topological polar surface area (TPSA) is 142 Å². The minimum Gasteiger partial charge on any atom is -0.465 e. The maximum absolute atomic E-state index is 11.3. The van der Waals surface area contributed by atoms with E-state index in [4.69, 9.17) is 44.2 Å². The Hall–Kier alpha value is -1.99. The van der Waals surface area contributed by atoms with E-state index in [0.29, 0.717) is 15.6 Å². The van der Waals surface area contributed by atoms with Gasteiger partial charge in [-0.15, -0.1) is 0 Å². The van der Waals surface area contributed by atoms with Gasteiger partial charge in [-0.25, -0.2) is 4.79 Å². The molecule has 7 nitrogen and oxygen atoms in total. The Balaban J connectivity index is 0.000000711. The van der Waals surface area contributed by atoms with Crippen molar-refractivity contribution < 1.29 is 14.7 Å². The Morgan fingerprint density at radius 2 is 1.68 bits per heavy atom. The standard InChI is InChI=1S/C9H9Cl2N3O.CH3NO2/c10-6-2-1-3-7(11)5(6)4-8(15)14-9(12)13;2-1(3)4/h1-3H,4H2,(H4,12,13,14,15);2H2,(H,3,4). The lowest BCUT2D eigenvalue weighted by atomic mass is 10.1. The molecule has 0 bridgehead atoms. The normalized spacial score (nSPS) is 8.95. The SMILES string of the molecule is N=C(N)NC(=O)Cc1c(Cl)cccc1Cl.NC(=O)O. The number of nitrogens with one attached hydrogen (secondary N) is 2. The highest BCUT2D eigenvalue weighted by Gasteiger charge is 2.10. The zero-order chi connectivity index (χ0) is 15.0. The second kappa shape index (κ2) is 8.17. The van der Waals surface area contributed by atoms with Crippen LogP contribution in [0.1, 0.15) is 5.56 Å². The van der Waals surface area contributed by atoms with E-state index in [0.717, 1.165) is 0 Å². The predicted octanol–water partition coefficient (Wildman–Crippen LogP) is 1.17. The number of carbonyl (C=O) groups excluding carboxylic acids is 1. The first kappa shape index (κ1) is 17.0. The van der Waals surface area contributed by atoms with Crippen molar-refractivity contribution in [2.75, 3.05) is 0 Å². The van der Waals surface area contributed by atoms with E-state index in [9.17, 15) is 4.79 Å². The number of halogens is 2. The molecule has 0 aromatic heterocycles. The summed E-state index contributed by atoms with van der Waals surface area (Å²) in [6.45, 7) is 0. The van der Waals surface area contributed by atoms with Crippen LogP contribution in [0.4, 0.5) is 4.79 Å². The van der Waals surface area contributed by atoms with Crippen LogP contribution in [-0.4, -0.2) is 23.1 Å². The fourth-order valence-electron chi connectivity index (χ4n) is 1.06. The van der Waals surface area contributed by atoms with Gasteiger partial charge >= 0.3 is 6.09 Å². The number of hydrogen-bond acceptors (Lipinski definition) is 3. The Kier molecular flexibility index (Phi) is 7.32. The molecule has 19 heavy (non-hydrogen) atoms. The predicted molar refractivity (Wildman–Crippen MR) is 72.4 cm³/mol. The number of amides is 2. The summed E-state index contributed by atoms with van der Waals surface area (Å²) < 4.78 is 0. The summed E-state index contributed by atoms with van der Waals surface area (Å²) in [7, 11) is 0. The van der Waals surface area contributed by atoms with Crippen LogP contribution in [0.25, 0.3) is 0 Å². The van der Waals surface area contributed by atoms with Gasteiger partial charge in [0.25, 0.3) is 0 Å². The van der Waals surface area contributed by atoms with Gasteiger partial charge in [-0.2, -0.15) is 0 Å². The highest BCUT2D eigenvalue weighted by Crippen LogP contribution is 2.24. The van der Waals surface area contributed by atoms with Gasteiger partial charge in [0.15, 0.2) is 5.96 Å². The van der Waals surface area contributed by atoms with E-state index < -0.39 is 18.0 Å². The number of hydrogen-bond donors (Lipinski definition) is 5. The van der Waals surface area contributed by atoms with Gasteiger partial charge in [-0.3, -0.25) is 15.5 Å². The fraction of sp³-hybridized carbons (Fsp3) is 0.100. The summed E-state index contributed by atoms with van der Waals surface area (Å²) in [5, 5.41) is 17.1.